The summed E-state index contributed by atoms with van der Waals surface area (Å²) in [6.45, 7) is 0. The van der Waals surface area contributed by atoms with E-state index in [0.29, 0.717) is 10.6 Å². The normalized spacial score (nSPS) is 9.35. The smallest absolute Gasteiger partial charge is 0.110 e. The van der Waals surface area contributed by atoms with Gasteiger partial charge >= 0.3 is 0 Å². The van der Waals surface area contributed by atoms with Crippen molar-refractivity contribution in [1.82, 2.24) is 0 Å². The number of nitriles is 1. The molecule has 0 bridgehead atoms. The molecule has 3 heteroatoms. The third kappa shape index (κ3) is 2.90. The van der Waals surface area contributed by atoms with E-state index in [2.05, 4.69) is 11.4 Å². The van der Waals surface area contributed by atoms with Crippen LogP contribution in [0, 0.1) is 11.3 Å². The molecule has 0 unspecified atom stereocenters. The Morgan fingerprint density at radius 1 is 1.00 bits per heavy atom. The summed E-state index contributed by atoms with van der Waals surface area (Å²) in [7, 11) is 0. The van der Waals surface area contributed by atoms with Gasteiger partial charge in [-0.15, -0.1) is 0 Å². The summed E-state index contributed by atoms with van der Waals surface area (Å²) in [5, 5.41) is 11.8. The van der Waals surface area contributed by atoms with E-state index in [1.807, 2.05) is 42.5 Å². The Morgan fingerprint density at radius 3 is 2.24 bits per heavy atom. The molecule has 2 aromatic rings. The minimum Gasteiger partial charge on any atom is -0.346 e. The monoisotopic (exact) mass is 238 g/mol. The Morgan fingerprint density at radius 2 is 1.65 bits per heavy atom. The fraction of sp³-hybridized carbons (Fsp3) is 0. The van der Waals surface area contributed by atoms with Gasteiger partial charge in [-0.1, -0.05) is 42.5 Å². The van der Waals surface area contributed by atoms with Crippen molar-refractivity contribution in [3.63, 3.8) is 0 Å². The molecule has 0 fully saturated rings. The fourth-order valence-electron chi connectivity index (χ4n) is 1.42. The molecule has 0 aliphatic rings. The van der Waals surface area contributed by atoms with Crippen LogP contribution in [0.1, 0.15) is 11.1 Å². The van der Waals surface area contributed by atoms with Crippen molar-refractivity contribution >= 4 is 22.9 Å². The van der Waals surface area contributed by atoms with Gasteiger partial charge in [-0.05, 0) is 24.3 Å². The zero-order valence-corrected chi connectivity index (χ0v) is 9.87. The first kappa shape index (κ1) is 11.3. The quantitative estimate of drug-likeness (QED) is 0.815. The lowest BCUT2D eigenvalue weighted by atomic mass is 10.1. The molecule has 0 heterocycles. The van der Waals surface area contributed by atoms with Crippen molar-refractivity contribution in [1.29, 1.82) is 5.26 Å². The molecule has 0 radical (unpaired) electrons. The number of benzene rings is 2. The summed E-state index contributed by atoms with van der Waals surface area (Å²) < 4.78 is 0. The average Bonchev–Trinajstić information content (AvgIpc) is 2.40. The van der Waals surface area contributed by atoms with Crippen LogP contribution in [0.2, 0.25) is 0 Å². The maximum Gasteiger partial charge on any atom is 0.110 e. The van der Waals surface area contributed by atoms with Gasteiger partial charge in [-0.25, -0.2) is 0 Å². The van der Waals surface area contributed by atoms with Crippen molar-refractivity contribution in [2.24, 2.45) is 0 Å². The fourth-order valence-corrected chi connectivity index (χ4v) is 1.67. The highest BCUT2D eigenvalue weighted by atomic mass is 32.1. The van der Waals surface area contributed by atoms with Gasteiger partial charge in [-0.2, -0.15) is 5.26 Å². The van der Waals surface area contributed by atoms with Crippen LogP contribution in [0.3, 0.4) is 0 Å². The second kappa shape index (κ2) is 5.24. The number of nitrogens with one attached hydrogen (secondary N) is 1. The molecule has 0 atom stereocenters. The highest BCUT2D eigenvalue weighted by molar-refractivity contribution is 7.81. The molecule has 0 aliphatic heterocycles. The van der Waals surface area contributed by atoms with Crippen LogP contribution < -0.4 is 5.32 Å². The topological polar surface area (TPSA) is 35.8 Å². The van der Waals surface area contributed by atoms with Crippen molar-refractivity contribution in [3.05, 3.63) is 65.7 Å². The largest absolute Gasteiger partial charge is 0.346 e. The third-order valence-electron chi connectivity index (χ3n) is 2.31. The van der Waals surface area contributed by atoms with Crippen molar-refractivity contribution < 1.29 is 0 Å². The third-order valence-corrected chi connectivity index (χ3v) is 2.65. The second-order valence-corrected chi connectivity index (χ2v) is 3.92. The van der Waals surface area contributed by atoms with E-state index in [4.69, 9.17) is 17.5 Å². The van der Waals surface area contributed by atoms with Crippen molar-refractivity contribution in [2.75, 3.05) is 5.32 Å². The lowest BCUT2D eigenvalue weighted by Gasteiger charge is -2.07. The van der Waals surface area contributed by atoms with Crippen LogP contribution in [-0.2, 0) is 0 Å². The van der Waals surface area contributed by atoms with Gasteiger partial charge in [0.15, 0.2) is 0 Å². The summed E-state index contributed by atoms with van der Waals surface area (Å²) in [5.74, 6) is 0. The summed E-state index contributed by atoms with van der Waals surface area (Å²) >= 11 is 5.29. The van der Waals surface area contributed by atoms with Crippen LogP contribution in [0.4, 0.5) is 5.69 Å². The maximum absolute atomic E-state index is 8.70. The van der Waals surface area contributed by atoms with E-state index < -0.39 is 0 Å². The first-order valence-corrected chi connectivity index (χ1v) is 5.57. The number of para-hydroxylation sites is 1. The minimum atomic E-state index is 0.635. The summed E-state index contributed by atoms with van der Waals surface area (Å²) in [6.07, 6.45) is 0. The van der Waals surface area contributed by atoms with Crippen LogP contribution in [0.25, 0.3) is 0 Å². The van der Waals surface area contributed by atoms with Gasteiger partial charge in [0.1, 0.15) is 4.99 Å². The van der Waals surface area contributed by atoms with E-state index in [0.717, 1.165) is 11.3 Å². The lowest BCUT2D eigenvalue weighted by Crippen LogP contribution is -2.10. The van der Waals surface area contributed by atoms with Gasteiger partial charge in [0.25, 0.3) is 0 Å². The maximum atomic E-state index is 8.70. The van der Waals surface area contributed by atoms with Crippen LogP contribution in [0.5, 0.6) is 0 Å². The van der Waals surface area contributed by atoms with E-state index in [1.165, 1.54) is 0 Å². The number of rotatable bonds is 2. The van der Waals surface area contributed by atoms with Crippen LogP contribution >= 0.6 is 12.2 Å². The first-order chi connectivity index (χ1) is 8.29. The van der Waals surface area contributed by atoms with E-state index in [9.17, 15) is 0 Å². The SMILES string of the molecule is N#Cc1ccc(C(=S)Nc2ccccc2)cc1. The van der Waals surface area contributed by atoms with Crippen molar-refractivity contribution in [2.45, 2.75) is 0 Å². The van der Waals surface area contributed by atoms with Gasteiger partial charge in [0.05, 0.1) is 11.6 Å². The predicted octanol–water partition coefficient (Wildman–Crippen LogP) is 3.35. The van der Waals surface area contributed by atoms with E-state index >= 15 is 0 Å². The highest BCUT2D eigenvalue weighted by Gasteiger charge is 2.01. The number of thiocarbonyl (C=S) groups is 1. The van der Waals surface area contributed by atoms with Gasteiger partial charge < -0.3 is 5.32 Å². The Balaban J connectivity index is 2.13. The minimum absolute atomic E-state index is 0.635. The number of nitrogens with zero attached hydrogens (tertiary/aromatic N) is 1. The number of hydrogen-bond acceptors (Lipinski definition) is 2. The molecular formula is C14H10N2S. The molecule has 0 saturated carbocycles. The first-order valence-electron chi connectivity index (χ1n) is 5.16. The summed E-state index contributed by atoms with van der Waals surface area (Å²) in [5.41, 5.74) is 2.50. The van der Waals surface area contributed by atoms with Crippen molar-refractivity contribution in [3.8, 4) is 6.07 Å². The Kier molecular flexibility index (Phi) is 3.49. The lowest BCUT2D eigenvalue weighted by molar-refractivity contribution is 1.48. The average molecular weight is 238 g/mol. The molecule has 2 aromatic carbocycles. The second-order valence-electron chi connectivity index (χ2n) is 3.51. The van der Waals surface area contributed by atoms with Gasteiger partial charge in [0.2, 0.25) is 0 Å². The van der Waals surface area contributed by atoms with Crippen LogP contribution in [0.15, 0.2) is 54.6 Å². The molecule has 1 N–H and O–H groups in total. The van der Waals surface area contributed by atoms with Gasteiger partial charge in [-0.3, -0.25) is 0 Å². The molecule has 17 heavy (non-hydrogen) atoms. The van der Waals surface area contributed by atoms with E-state index in [1.54, 1.807) is 12.1 Å². The predicted molar refractivity (Wildman–Crippen MR) is 72.9 cm³/mol. The zero-order valence-electron chi connectivity index (χ0n) is 9.05. The molecule has 0 aromatic heterocycles. The number of anilines is 1. The summed E-state index contributed by atoms with van der Waals surface area (Å²) in [6, 6.07) is 19.0. The molecule has 2 nitrogen and oxygen atoms in total. The summed E-state index contributed by atoms with van der Waals surface area (Å²) in [4.78, 5) is 0.653. The number of hydrogen-bond donors (Lipinski definition) is 1. The van der Waals surface area contributed by atoms with Crippen LogP contribution in [-0.4, -0.2) is 4.99 Å². The molecular weight excluding hydrogens is 228 g/mol. The van der Waals surface area contributed by atoms with Gasteiger partial charge in [0, 0.05) is 11.3 Å². The molecule has 0 spiro atoms. The Bertz CT molecular complexity index is 553. The Labute approximate surface area is 106 Å². The molecule has 0 aliphatic carbocycles. The highest BCUT2D eigenvalue weighted by Crippen LogP contribution is 2.10. The Hall–Kier alpha value is -2.18. The van der Waals surface area contributed by atoms with E-state index in [-0.39, 0.29) is 0 Å². The molecule has 0 amide bonds. The molecule has 2 rings (SSSR count). The standard InChI is InChI=1S/C14H10N2S/c15-10-11-6-8-12(9-7-11)14(17)16-13-4-2-1-3-5-13/h1-9H,(H,16,17). The zero-order chi connectivity index (χ0) is 12.1. The molecule has 0 saturated heterocycles. The molecule has 82 valence electrons.